The standard InChI is InChI=1S/C15H21NO2S/c1-17-12-8-14-13(18-10-19-14)7-11(12)15(9-16)5-3-2-4-6-15/h7-8H,2-6,9-10,16H2,1H3. The summed E-state index contributed by atoms with van der Waals surface area (Å²) in [6, 6.07) is 4.29. The molecule has 0 aromatic heterocycles. The third-order valence-electron chi connectivity index (χ3n) is 4.47. The smallest absolute Gasteiger partial charge is 0.138 e. The molecular formula is C15H21NO2S. The lowest BCUT2D eigenvalue weighted by Crippen LogP contribution is -2.37. The first-order chi connectivity index (χ1) is 9.29. The van der Waals surface area contributed by atoms with Crippen molar-refractivity contribution in [2.45, 2.75) is 42.4 Å². The Balaban J connectivity index is 2.07. The van der Waals surface area contributed by atoms with E-state index in [0.29, 0.717) is 12.5 Å². The molecule has 0 amide bonds. The second-order valence-electron chi connectivity index (χ2n) is 5.45. The van der Waals surface area contributed by atoms with Gasteiger partial charge in [-0.15, -0.1) is 0 Å². The monoisotopic (exact) mass is 279 g/mol. The maximum atomic E-state index is 6.14. The van der Waals surface area contributed by atoms with Crippen LogP contribution in [0, 0.1) is 0 Å². The summed E-state index contributed by atoms with van der Waals surface area (Å²) in [6.07, 6.45) is 6.15. The fourth-order valence-corrected chi connectivity index (χ4v) is 4.08. The molecule has 0 unspecified atom stereocenters. The van der Waals surface area contributed by atoms with Crippen LogP contribution in [0.15, 0.2) is 17.0 Å². The van der Waals surface area contributed by atoms with Gasteiger partial charge < -0.3 is 15.2 Å². The van der Waals surface area contributed by atoms with Gasteiger partial charge in [-0.1, -0.05) is 31.0 Å². The average Bonchev–Trinajstić information content (AvgIpc) is 2.93. The second-order valence-corrected chi connectivity index (χ2v) is 6.42. The summed E-state index contributed by atoms with van der Waals surface area (Å²) in [7, 11) is 1.75. The first kappa shape index (κ1) is 13.1. The number of rotatable bonds is 3. The minimum Gasteiger partial charge on any atom is -0.496 e. The molecule has 2 aliphatic rings. The van der Waals surface area contributed by atoms with Gasteiger partial charge >= 0.3 is 0 Å². The van der Waals surface area contributed by atoms with Gasteiger partial charge in [-0.3, -0.25) is 0 Å². The SMILES string of the molecule is COc1cc2c(cc1C1(CN)CCCCC1)OCS2. The molecule has 0 atom stereocenters. The van der Waals surface area contributed by atoms with Crippen LogP contribution in [0.3, 0.4) is 0 Å². The van der Waals surface area contributed by atoms with Crippen LogP contribution in [0.2, 0.25) is 0 Å². The zero-order valence-corrected chi connectivity index (χ0v) is 12.2. The van der Waals surface area contributed by atoms with E-state index in [1.165, 1.54) is 29.7 Å². The van der Waals surface area contributed by atoms with Crippen molar-refractivity contribution in [3.05, 3.63) is 17.7 Å². The Morgan fingerprint density at radius 1 is 1.32 bits per heavy atom. The summed E-state index contributed by atoms with van der Waals surface area (Å²) in [6.45, 7) is 0.690. The Morgan fingerprint density at radius 2 is 2.11 bits per heavy atom. The van der Waals surface area contributed by atoms with Gasteiger partial charge in [-0.25, -0.2) is 0 Å². The summed E-state index contributed by atoms with van der Waals surface area (Å²) < 4.78 is 11.3. The molecule has 0 radical (unpaired) electrons. The van der Waals surface area contributed by atoms with Gasteiger partial charge in [-0.05, 0) is 25.0 Å². The summed E-state index contributed by atoms with van der Waals surface area (Å²) in [5.74, 6) is 2.68. The van der Waals surface area contributed by atoms with Gasteiger partial charge in [0, 0.05) is 17.5 Å². The molecule has 3 nitrogen and oxygen atoms in total. The quantitative estimate of drug-likeness (QED) is 0.922. The van der Waals surface area contributed by atoms with Gasteiger partial charge in [0.25, 0.3) is 0 Å². The Kier molecular flexibility index (Phi) is 3.63. The molecule has 3 rings (SSSR count). The summed E-state index contributed by atoms with van der Waals surface area (Å²) in [5, 5.41) is 0. The number of nitrogens with two attached hydrogens (primary N) is 1. The van der Waals surface area contributed by atoms with Crippen LogP contribution in [0.1, 0.15) is 37.7 Å². The van der Waals surface area contributed by atoms with Gasteiger partial charge in [0.2, 0.25) is 0 Å². The minimum atomic E-state index is 0.0786. The molecular weight excluding hydrogens is 258 g/mol. The molecule has 1 fully saturated rings. The lowest BCUT2D eigenvalue weighted by Gasteiger charge is -2.37. The third kappa shape index (κ3) is 2.21. The fourth-order valence-electron chi connectivity index (χ4n) is 3.32. The first-order valence-electron chi connectivity index (χ1n) is 6.97. The van der Waals surface area contributed by atoms with E-state index in [4.69, 9.17) is 15.2 Å². The maximum absolute atomic E-state index is 6.14. The van der Waals surface area contributed by atoms with Crippen LogP contribution in [0.4, 0.5) is 0 Å². The Labute approximate surface area is 118 Å². The van der Waals surface area contributed by atoms with Crippen LogP contribution in [-0.4, -0.2) is 19.6 Å². The molecule has 2 N–H and O–H groups in total. The molecule has 1 aromatic rings. The topological polar surface area (TPSA) is 44.5 Å². The van der Waals surface area contributed by atoms with Crippen molar-refractivity contribution >= 4 is 11.8 Å². The molecule has 19 heavy (non-hydrogen) atoms. The lowest BCUT2D eigenvalue weighted by atomic mass is 9.69. The van der Waals surface area contributed by atoms with Crippen molar-refractivity contribution in [2.24, 2.45) is 5.73 Å². The van der Waals surface area contributed by atoms with Crippen LogP contribution in [-0.2, 0) is 5.41 Å². The Hall–Kier alpha value is -0.870. The van der Waals surface area contributed by atoms with Crippen molar-refractivity contribution in [1.82, 2.24) is 0 Å². The van der Waals surface area contributed by atoms with E-state index in [0.717, 1.165) is 24.3 Å². The van der Waals surface area contributed by atoms with Gasteiger partial charge in [0.05, 0.1) is 12.0 Å². The number of fused-ring (bicyclic) bond motifs is 1. The van der Waals surface area contributed by atoms with Crippen molar-refractivity contribution in [2.75, 3.05) is 19.6 Å². The number of hydrogen-bond acceptors (Lipinski definition) is 4. The maximum Gasteiger partial charge on any atom is 0.138 e. The van der Waals surface area contributed by atoms with E-state index in [1.54, 1.807) is 18.9 Å². The van der Waals surface area contributed by atoms with Crippen LogP contribution in [0.25, 0.3) is 0 Å². The molecule has 1 saturated carbocycles. The predicted molar refractivity (Wildman–Crippen MR) is 78.2 cm³/mol. The van der Waals surface area contributed by atoms with E-state index in [-0.39, 0.29) is 5.41 Å². The molecule has 0 bridgehead atoms. The van der Waals surface area contributed by atoms with Crippen LogP contribution < -0.4 is 15.2 Å². The minimum absolute atomic E-state index is 0.0786. The largest absolute Gasteiger partial charge is 0.496 e. The molecule has 1 aliphatic carbocycles. The molecule has 0 saturated heterocycles. The van der Waals surface area contributed by atoms with E-state index in [2.05, 4.69) is 12.1 Å². The van der Waals surface area contributed by atoms with Gasteiger partial charge in [0.1, 0.15) is 17.4 Å². The highest BCUT2D eigenvalue weighted by molar-refractivity contribution is 7.99. The number of benzene rings is 1. The van der Waals surface area contributed by atoms with Gasteiger partial charge in [-0.2, -0.15) is 0 Å². The van der Waals surface area contributed by atoms with E-state index >= 15 is 0 Å². The molecule has 1 aromatic carbocycles. The third-order valence-corrected chi connectivity index (χ3v) is 5.33. The highest BCUT2D eigenvalue weighted by atomic mass is 32.2. The van der Waals surface area contributed by atoms with Gasteiger partial charge in [0.15, 0.2) is 0 Å². The zero-order chi connectivity index (χ0) is 13.3. The fraction of sp³-hybridized carbons (Fsp3) is 0.600. The molecule has 104 valence electrons. The van der Waals surface area contributed by atoms with E-state index in [9.17, 15) is 0 Å². The van der Waals surface area contributed by atoms with Crippen molar-refractivity contribution in [3.63, 3.8) is 0 Å². The molecule has 1 aliphatic heterocycles. The van der Waals surface area contributed by atoms with Crippen molar-refractivity contribution in [1.29, 1.82) is 0 Å². The molecule has 4 heteroatoms. The van der Waals surface area contributed by atoms with E-state index in [1.807, 2.05) is 0 Å². The summed E-state index contributed by atoms with van der Waals surface area (Å²) in [4.78, 5) is 1.18. The number of ether oxygens (including phenoxy) is 2. The first-order valence-corrected chi connectivity index (χ1v) is 7.96. The number of hydrogen-bond donors (Lipinski definition) is 1. The molecule has 0 spiro atoms. The summed E-state index contributed by atoms with van der Waals surface area (Å²) in [5.41, 5.74) is 7.46. The highest BCUT2D eigenvalue weighted by Gasteiger charge is 2.36. The summed E-state index contributed by atoms with van der Waals surface area (Å²) >= 11 is 1.73. The van der Waals surface area contributed by atoms with Crippen LogP contribution in [0.5, 0.6) is 11.5 Å². The normalized spacial score (nSPS) is 20.7. The average molecular weight is 279 g/mol. The number of methoxy groups -OCH3 is 1. The van der Waals surface area contributed by atoms with Crippen LogP contribution >= 0.6 is 11.8 Å². The Morgan fingerprint density at radius 3 is 2.79 bits per heavy atom. The predicted octanol–water partition coefficient (Wildman–Crippen LogP) is 3.30. The Bertz CT molecular complexity index is 469. The van der Waals surface area contributed by atoms with Crippen molar-refractivity contribution in [3.8, 4) is 11.5 Å². The lowest BCUT2D eigenvalue weighted by molar-refractivity contribution is 0.285. The number of thioether (sulfide) groups is 1. The molecule has 1 heterocycles. The van der Waals surface area contributed by atoms with Crippen molar-refractivity contribution < 1.29 is 9.47 Å². The van der Waals surface area contributed by atoms with E-state index < -0.39 is 0 Å². The zero-order valence-electron chi connectivity index (χ0n) is 11.4. The second kappa shape index (κ2) is 5.25. The highest BCUT2D eigenvalue weighted by Crippen LogP contribution is 2.48.